The molecule has 0 spiro atoms. The third-order valence-electron chi connectivity index (χ3n) is 7.99. The van der Waals surface area contributed by atoms with Gasteiger partial charge in [-0.05, 0) is 36.1 Å². The molecule has 12 heteroatoms. The summed E-state index contributed by atoms with van der Waals surface area (Å²) in [5.74, 6) is -2.42. The normalized spacial score (nSPS) is 17.7. The lowest BCUT2D eigenvalue weighted by atomic mass is 9.84. The van der Waals surface area contributed by atoms with Gasteiger partial charge in [0.2, 0.25) is 5.91 Å². The van der Waals surface area contributed by atoms with Crippen molar-refractivity contribution in [3.05, 3.63) is 101 Å². The van der Waals surface area contributed by atoms with Crippen LogP contribution in [0.5, 0.6) is 5.75 Å². The minimum absolute atomic E-state index is 0.0223. The number of alkyl halides is 5. The van der Waals surface area contributed by atoms with Gasteiger partial charge in [0.25, 0.3) is 0 Å². The number of carbonyl (C=O) groups excluding carboxylic acids is 1. The highest BCUT2D eigenvalue weighted by atomic mass is 19.4. The maximum Gasteiger partial charge on any atom is 0.396 e. The summed E-state index contributed by atoms with van der Waals surface area (Å²) < 4.78 is 74.4. The molecule has 4 heterocycles. The molecule has 1 unspecified atom stereocenters. The van der Waals surface area contributed by atoms with E-state index in [1.165, 1.54) is 12.3 Å². The number of halogens is 5. The highest BCUT2D eigenvalue weighted by Gasteiger charge is 2.49. The zero-order chi connectivity index (χ0) is 30.1. The van der Waals surface area contributed by atoms with Crippen LogP contribution in [0.2, 0.25) is 0 Å². The van der Waals surface area contributed by atoms with Gasteiger partial charge in [-0.15, -0.1) is 0 Å². The molecule has 1 N–H and O–H groups in total. The van der Waals surface area contributed by atoms with Crippen LogP contribution in [-0.4, -0.2) is 46.5 Å². The van der Waals surface area contributed by atoms with Crippen LogP contribution in [0.25, 0.3) is 0 Å². The van der Waals surface area contributed by atoms with E-state index < -0.39 is 37.1 Å². The Kier molecular flexibility index (Phi) is 7.76. The number of anilines is 2. The van der Waals surface area contributed by atoms with Crippen LogP contribution in [0.1, 0.15) is 59.5 Å². The molecule has 0 radical (unpaired) electrons. The first kappa shape index (κ1) is 28.6. The van der Waals surface area contributed by atoms with Gasteiger partial charge in [-0.25, -0.2) is 9.67 Å². The van der Waals surface area contributed by atoms with Crippen LogP contribution in [-0.2, 0) is 4.79 Å². The maximum absolute atomic E-state index is 14.5. The molecule has 2 aromatic heterocycles. The van der Waals surface area contributed by atoms with Crippen molar-refractivity contribution in [1.29, 1.82) is 0 Å². The number of aromatic nitrogens is 3. The Morgan fingerprint density at radius 1 is 0.907 bits per heavy atom. The van der Waals surface area contributed by atoms with E-state index in [2.05, 4.69) is 15.0 Å². The van der Waals surface area contributed by atoms with E-state index in [1.807, 2.05) is 65.6 Å². The average Bonchev–Trinajstić information content (AvgIpc) is 3.36. The first-order chi connectivity index (χ1) is 20.7. The lowest BCUT2D eigenvalue weighted by Crippen LogP contribution is -2.35. The van der Waals surface area contributed by atoms with Crippen LogP contribution < -0.4 is 15.0 Å². The predicted molar refractivity (Wildman–Crippen MR) is 149 cm³/mol. The predicted octanol–water partition coefficient (Wildman–Crippen LogP) is 6.89. The molecule has 4 aromatic rings. The largest absolute Gasteiger partial charge is 0.433 e. The van der Waals surface area contributed by atoms with Gasteiger partial charge in [-0.2, -0.15) is 27.1 Å². The Labute approximate surface area is 244 Å². The Hall–Kier alpha value is -4.48. The summed E-state index contributed by atoms with van der Waals surface area (Å²) in [4.78, 5) is 18.9. The third kappa shape index (κ3) is 5.91. The Morgan fingerprint density at radius 3 is 2.07 bits per heavy atom. The fourth-order valence-corrected chi connectivity index (χ4v) is 6.03. The Balaban J connectivity index is 1.38. The number of carbonyl (C=O) groups is 1. The smallest absolute Gasteiger partial charge is 0.396 e. The van der Waals surface area contributed by atoms with Crippen LogP contribution in [0.4, 0.5) is 33.6 Å². The summed E-state index contributed by atoms with van der Waals surface area (Å²) >= 11 is 0. The average molecular weight is 598 g/mol. The van der Waals surface area contributed by atoms with Crippen molar-refractivity contribution >= 4 is 17.5 Å². The van der Waals surface area contributed by atoms with Gasteiger partial charge < -0.3 is 15.0 Å². The highest BCUT2D eigenvalue weighted by molar-refractivity contribution is 5.94. The van der Waals surface area contributed by atoms with Gasteiger partial charge in [0, 0.05) is 31.0 Å². The summed E-state index contributed by atoms with van der Waals surface area (Å²) in [7, 11) is 0. The zero-order valence-corrected chi connectivity index (χ0v) is 22.8. The van der Waals surface area contributed by atoms with Gasteiger partial charge in [0.1, 0.15) is 23.4 Å². The minimum Gasteiger partial charge on any atom is -0.433 e. The number of pyridine rings is 1. The molecule has 7 nitrogen and oxygen atoms in total. The maximum atomic E-state index is 14.5. The number of hydrogen-bond donors (Lipinski definition) is 1. The quantitative estimate of drug-likeness (QED) is 0.235. The summed E-state index contributed by atoms with van der Waals surface area (Å²) in [5, 5.41) is 7.62. The Bertz CT molecular complexity index is 1510. The number of fused-ring (bicyclic) bond motifs is 1. The van der Waals surface area contributed by atoms with E-state index >= 15 is 0 Å². The Morgan fingerprint density at radius 2 is 1.53 bits per heavy atom. The number of hydrogen-bond acceptors (Lipinski definition) is 5. The first-order valence-corrected chi connectivity index (χ1v) is 13.9. The van der Waals surface area contributed by atoms with Gasteiger partial charge in [0.15, 0.2) is 0 Å². The number of nitrogens with one attached hydrogen (secondary N) is 1. The van der Waals surface area contributed by atoms with E-state index in [0.717, 1.165) is 11.1 Å². The van der Waals surface area contributed by atoms with E-state index in [9.17, 15) is 26.7 Å². The van der Waals surface area contributed by atoms with Gasteiger partial charge in [-0.1, -0.05) is 60.7 Å². The van der Waals surface area contributed by atoms with E-state index in [1.54, 1.807) is 10.7 Å². The van der Waals surface area contributed by atoms with Crippen molar-refractivity contribution in [2.75, 3.05) is 23.3 Å². The highest BCUT2D eigenvalue weighted by Crippen LogP contribution is 2.49. The SMILES string of the molecule is O=C1CC(C(F)(F)F)c2c(C3CCN(c4ccc(OC(F)F)cn4)CC3)nn(C(c3ccccc3)c3ccccc3)c2N1. The molecule has 1 saturated heterocycles. The summed E-state index contributed by atoms with van der Waals surface area (Å²) in [6.07, 6.45) is -3.15. The van der Waals surface area contributed by atoms with Crippen LogP contribution >= 0.6 is 0 Å². The minimum atomic E-state index is -4.64. The fourth-order valence-electron chi connectivity index (χ4n) is 6.03. The second-order valence-corrected chi connectivity index (χ2v) is 10.7. The summed E-state index contributed by atoms with van der Waals surface area (Å²) in [5.41, 5.74) is 1.99. The summed E-state index contributed by atoms with van der Waals surface area (Å²) in [6.45, 7) is -2.01. The van der Waals surface area contributed by atoms with Crippen molar-refractivity contribution in [2.24, 2.45) is 0 Å². The van der Waals surface area contributed by atoms with Crippen LogP contribution in [0.15, 0.2) is 79.0 Å². The first-order valence-electron chi connectivity index (χ1n) is 13.9. The molecule has 6 rings (SSSR count). The molecule has 224 valence electrons. The number of amides is 1. The van der Waals surface area contributed by atoms with Crippen molar-refractivity contribution in [3.8, 4) is 5.75 Å². The molecule has 0 aliphatic carbocycles. The van der Waals surface area contributed by atoms with Crippen LogP contribution in [0.3, 0.4) is 0 Å². The fraction of sp³-hybridized carbons (Fsp3) is 0.323. The van der Waals surface area contributed by atoms with E-state index in [-0.39, 0.29) is 23.0 Å². The summed E-state index contributed by atoms with van der Waals surface area (Å²) in [6, 6.07) is 21.1. The van der Waals surface area contributed by atoms with Crippen molar-refractivity contribution < 1.29 is 31.5 Å². The number of rotatable bonds is 7. The molecule has 2 aliphatic rings. The van der Waals surface area contributed by atoms with E-state index in [0.29, 0.717) is 37.4 Å². The van der Waals surface area contributed by atoms with Crippen LogP contribution in [0, 0.1) is 0 Å². The number of piperidine rings is 1. The van der Waals surface area contributed by atoms with Gasteiger partial charge in [-0.3, -0.25) is 4.79 Å². The molecule has 0 saturated carbocycles. The van der Waals surface area contributed by atoms with Crippen molar-refractivity contribution in [3.63, 3.8) is 0 Å². The molecule has 0 bridgehead atoms. The molecular formula is C31H28F5N5O2. The van der Waals surface area contributed by atoms with Crippen molar-refractivity contribution in [1.82, 2.24) is 14.8 Å². The lowest BCUT2D eigenvalue weighted by molar-refractivity contribution is -0.157. The molecule has 1 atom stereocenters. The van der Waals surface area contributed by atoms with Gasteiger partial charge in [0.05, 0.1) is 17.8 Å². The third-order valence-corrected chi connectivity index (χ3v) is 7.99. The standard InChI is InChI=1S/C31H28F5N5O2/c32-30(33)43-22-11-12-24(37-18-22)40-15-13-19(14-16-40)27-26-23(31(34,35)36)17-25(42)38-29(26)41(39-27)28(20-7-3-1-4-8-20)21-9-5-2-6-10-21/h1-12,18-19,23,28,30H,13-17H2,(H,38,42). The molecule has 43 heavy (non-hydrogen) atoms. The topological polar surface area (TPSA) is 72.3 Å². The monoisotopic (exact) mass is 597 g/mol. The molecule has 1 fully saturated rings. The second kappa shape index (κ2) is 11.7. The van der Waals surface area contributed by atoms with E-state index in [4.69, 9.17) is 5.10 Å². The second-order valence-electron chi connectivity index (χ2n) is 10.7. The molecule has 2 aliphatic heterocycles. The zero-order valence-electron chi connectivity index (χ0n) is 22.8. The molecule has 1 amide bonds. The van der Waals surface area contributed by atoms with Crippen molar-refractivity contribution in [2.45, 2.75) is 49.9 Å². The molecular weight excluding hydrogens is 569 g/mol. The van der Waals surface area contributed by atoms with Gasteiger partial charge >= 0.3 is 12.8 Å². The number of nitrogens with zero attached hydrogens (tertiary/aromatic N) is 4. The number of benzene rings is 2. The number of ether oxygens (including phenoxy) is 1. The molecule has 2 aromatic carbocycles. The lowest BCUT2D eigenvalue weighted by Gasteiger charge is -2.33.